The Morgan fingerprint density at radius 2 is 1.77 bits per heavy atom. The van der Waals surface area contributed by atoms with Crippen molar-refractivity contribution in [2.24, 2.45) is 0 Å². The topological polar surface area (TPSA) is 69.0 Å². The smallest absolute Gasteiger partial charge is 0.270 e. The van der Waals surface area contributed by atoms with Crippen LogP contribution in [-0.2, 0) is 6.42 Å². The van der Waals surface area contributed by atoms with E-state index in [1.54, 1.807) is 19.2 Å². The number of hydrogen-bond donors (Lipinski definition) is 2. The first-order chi connectivity index (χ1) is 14.8. The number of fused-ring (bicyclic) bond motifs is 4. The number of carbonyl (C=O) groups is 1. The van der Waals surface area contributed by atoms with Gasteiger partial charge in [0.25, 0.3) is 11.5 Å². The molecule has 2 aromatic carbocycles. The summed E-state index contributed by atoms with van der Waals surface area (Å²) < 4.78 is 41.3. The Morgan fingerprint density at radius 3 is 2.55 bits per heavy atom. The Balaban J connectivity index is 1.61. The number of amides is 1. The first kappa shape index (κ1) is 19.4. The first-order valence-corrected chi connectivity index (χ1v) is 9.92. The van der Waals surface area contributed by atoms with Gasteiger partial charge in [-0.25, -0.2) is 13.2 Å². The van der Waals surface area contributed by atoms with Crippen molar-refractivity contribution in [3.05, 3.63) is 81.2 Å². The highest BCUT2D eigenvalue weighted by molar-refractivity contribution is 5.98. The quantitative estimate of drug-likeness (QED) is 0.494. The van der Waals surface area contributed by atoms with Crippen LogP contribution in [0.1, 0.15) is 40.6 Å². The lowest BCUT2D eigenvalue weighted by Crippen LogP contribution is -2.34. The van der Waals surface area contributed by atoms with Gasteiger partial charge in [-0.2, -0.15) is 0 Å². The predicted molar refractivity (Wildman–Crippen MR) is 111 cm³/mol. The first-order valence-electron chi connectivity index (χ1n) is 9.92. The van der Waals surface area contributed by atoms with Gasteiger partial charge in [0, 0.05) is 29.2 Å². The van der Waals surface area contributed by atoms with Gasteiger partial charge in [-0.3, -0.25) is 9.59 Å². The highest BCUT2D eigenvalue weighted by atomic mass is 19.2. The van der Waals surface area contributed by atoms with Gasteiger partial charge < -0.3 is 14.9 Å². The zero-order valence-corrected chi connectivity index (χ0v) is 16.6. The van der Waals surface area contributed by atoms with Crippen molar-refractivity contribution < 1.29 is 18.0 Å². The Bertz CT molecular complexity index is 1420. The number of rotatable bonds is 2. The van der Waals surface area contributed by atoms with Gasteiger partial charge in [-0.05, 0) is 61.0 Å². The molecule has 0 aliphatic heterocycles. The molecule has 0 saturated carbocycles. The summed E-state index contributed by atoms with van der Waals surface area (Å²) in [6.07, 6.45) is 1.90. The van der Waals surface area contributed by atoms with E-state index in [1.807, 2.05) is 0 Å². The lowest BCUT2D eigenvalue weighted by Gasteiger charge is -2.33. The van der Waals surface area contributed by atoms with Gasteiger partial charge in [0.05, 0.1) is 11.4 Å². The third-order valence-corrected chi connectivity index (χ3v) is 6.02. The molecule has 0 radical (unpaired) electrons. The fourth-order valence-corrected chi connectivity index (χ4v) is 4.52. The summed E-state index contributed by atoms with van der Waals surface area (Å²) in [6, 6.07) is 7.28. The zero-order valence-electron chi connectivity index (χ0n) is 16.6. The standard InChI is InChI=1S/C23H18F3N3O2/c1-29(23(31)19-8-11-7-12(24)5-6-17(11)27-19)20-4-2-3-18-21(20)13-9-15(25)16(26)10-14(13)22(30)28-18/h5-10,20,27H,2-4H2,1H3,(H,28,30). The van der Waals surface area contributed by atoms with Gasteiger partial charge in [0.15, 0.2) is 11.6 Å². The maximum absolute atomic E-state index is 14.0. The number of pyridine rings is 1. The number of hydrogen-bond acceptors (Lipinski definition) is 2. The third kappa shape index (κ3) is 3.10. The number of carbonyl (C=O) groups excluding carboxylic acids is 1. The van der Waals surface area contributed by atoms with Crippen LogP contribution in [0.4, 0.5) is 13.2 Å². The van der Waals surface area contributed by atoms with Crippen molar-refractivity contribution >= 4 is 27.6 Å². The van der Waals surface area contributed by atoms with E-state index in [-0.39, 0.29) is 11.3 Å². The van der Waals surface area contributed by atoms with Crippen LogP contribution in [0.3, 0.4) is 0 Å². The van der Waals surface area contributed by atoms with Crippen LogP contribution in [0.2, 0.25) is 0 Å². The van der Waals surface area contributed by atoms with E-state index in [0.717, 1.165) is 18.6 Å². The molecule has 1 aliphatic rings. The fourth-order valence-electron chi connectivity index (χ4n) is 4.52. The summed E-state index contributed by atoms with van der Waals surface area (Å²) >= 11 is 0. The molecule has 0 fully saturated rings. The lowest BCUT2D eigenvalue weighted by atomic mass is 9.86. The zero-order chi connectivity index (χ0) is 21.9. The number of nitrogens with zero attached hydrogens (tertiary/aromatic N) is 1. The van der Waals surface area contributed by atoms with Crippen molar-refractivity contribution in [2.45, 2.75) is 25.3 Å². The number of halogens is 3. The molecule has 2 N–H and O–H groups in total. The van der Waals surface area contributed by atoms with Crippen LogP contribution in [0.25, 0.3) is 21.7 Å². The molecule has 4 aromatic rings. The van der Waals surface area contributed by atoms with E-state index < -0.39 is 29.1 Å². The number of aromatic nitrogens is 2. The minimum absolute atomic E-state index is 0.0477. The van der Waals surface area contributed by atoms with Crippen molar-refractivity contribution in [2.75, 3.05) is 7.05 Å². The molecule has 0 bridgehead atoms. The summed E-state index contributed by atoms with van der Waals surface area (Å²) in [4.78, 5) is 32.9. The lowest BCUT2D eigenvalue weighted by molar-refractivity contribution is 0.0710. The minimum Gasteiger partial charge on any atom is -0.351 e. The van der Waals surface area contributed by atoms with Crippen molar-refractivity contribution in [1.82, 2.24) is 14.9 Å². The molecule has 2 heterocycles. The summed E-state index contributed by atoms with van der Waals surface area (Å²) in [6.45, 7) is 0. The molecule has 0 saturated heterocycles. The van der Waals surface area contributed by atoms with Gasteiger partial charge in [-0.15, -0.1) is 0 Å². The van der Waals surface area contributed by atoms with E-state index in [9.17, 15) is 22.8 Å². The van der Waals surface area contributed by atoms with E-state index in [1.165, 1.54) is 17.0 Å². The van der Waals surface area contributed by atoms with Crippen LogP contribution in [-0.4, -0.2) is 27.8 Å². The van der Waals surface area contributed by atoms with E-state index in [0.29, 0.717) is 46.1 Å². The highest BCUT2D eigenvalue weighted by Gasteiger charge is 2.31. The Labute approximate surface area is 174 Å². The maximum Gasteiger partial charge on any atom is 0.270 e. The molecule has 5 rings (SSSR count). The van der Waals surface area contributed by atoms with E-state index >= 15 is 0 Å². The second-order valence-electron chi connectivity index (χ2n) is 7.90. The Morgan fingerprint density at radius 1 is 1.03 bits per heavy atom. The monoisotopic (exact) mass is 425 g/mol. The summed E-state index contributed by atoms with van der Waals surface area (Å²) in [5.74, 6) is -2.86. The van der Waals surface area contributed by atoms with Gasteiger partial charge in [0.2, 0.25) is 0 Å². The minimum atomic E-state index is -1.10. The van der Waals surface area contributed by atoms with Gasteiger partial charge in [0.1, 0.15) is 11.5 Å². The molecule has 0 spiro atoms. The molecule has 1 unspecified atom stereocenters. The molecule has 2 aromatic heterocycles. The second-order valence-corrected chi connectivity index (χ2v) is 7.90. The maximum atomic E-state index is 14.0. The number of aryl methyl sites for hydroxylation is 1. The summed E-state index contributed by atoms with van der Waals surface area (Å²) in [5.41, 5.74) is 1.69. The molecule has 1 atom stereocenters. The average molecular weight is 425 g/mol. The summed E-state index contributed by atoms with van der Waals surface area (Å²) in [7, 11) is 1.63. The average Bonchev–Trinajstić information content (AvgIpc) is 3.17. The Kier molecular flexibility index (Phi) is 4.39. The second kappa shape index (κ2) is 7.01. The van der Waals surface area contributed by atoms with Crippen LogP contribution in [0.5, 0.6) is 0 Å². The third-order valence-electron chi connectivity index (χ3n) is 6.02. The van der Waals surface area contributed by atoms with Crippen molar-refractivity contribution in [1.29, 1.82) is 0 Å². The molecule has 1 aliphatic carbocycles. The van der Waals surface area contributed by atoms with Gasteiger partial charge in [-0.1, -0.05) is 0 Å². The molecular formula is C23H18F3N3O2. The van der Waals surface area contributed by atoms with Gasteiger partial charge >= 0.3 is 0 Å². The normalized spacial score (nSPS) is 15.9. The molecule has 8 heteroatoms. The molecular weight excluding hydrogens is 407 g/mol. The summed E-state index contributed by atoms with van der Waals surface area (Å²) in [5, 5.41) is 0.931. The molecule has 5 nitrogen and oxygen atoms in total. The predicted octanol–water partition coefficient (Wildman–Crippen LogP) is 4.58. The molecule has 1 amide bonds. The largest absolute Gasteiger partial charge is 0.351 e. The number of nitrogens with one attached hydrogen (secondary N) is 2. The fraction of sp³-hybridized carbons (Fsp3) is 0.217. The van der Waals surface area contributed by atoms with Crippen LogP contribution >= 0.6 is 0 Å². The van der Waals surface area contributed by atoms with Crippen LogP contribution < -0.4 is 5.56 Å². The SMILES string of the molecule is CN(C(=O)c1cc2cc(F)ccc2[nH]1)C1CCCc2[nH]c(=O)c3cc(F)c(F)cc3c21. The van der Waals surface area contributed by atoms with Crippen LogP contribution in [0, 0.1) is 17.5 Å². The number of H-pyrrole nitrogens is 2. The Hall–Kier alpha value is -3.55. The van der Waals surface area contributed by atoms with Crippen molar-refractivity contribution in [3.8, 4) is 0 Å². The molecule has 158 valence electrons. The van der Waals surface area contributed by atoms with Crippen LogP contribution in [0.15, 0.2) is 41.2 Å². The highest BCUT2D eigenvalue weighted by Crippen LogP contribution is 2.37. The number of benzene rings is 2. The molecule has 31 heavy (non-hydrogen) atoms. The van der Waals surface area contributed by atoms with E-state index in [2.05, 4.69) is 9.97 Å². The van der Waals surface area contributed by atoms with Crippen molar-refractivity contribution in [3.63, 3.8) is 0 Å². The van der Waals surface area contributed by atoms with E-state index in [4.69, 9.17) is 0 Å². The number of aromatic amines is 2.